The predicted octanol–water partition coefficient (Wildman–Crippen LogP) is 5.36. The van der Waals surface area contributed by atoms with E-state index in [-0.39, 0.29) is 11.9 Å². The van der Waals surface area contributed by atoms with Gasteiger partial charge in [-0.15, -0.1) is 10.2 Å². The van der Waals surface area contributed by atoms with Crippen LogP contribution in [-0.4, -0.2) is 34.2 Å². The highest BCUT2D eigenvalue weighted by atomic mass is 32.1. The third-order valence-electron chi connectivity index (χ3n) is 5.37. The summed E-state index contributed by atoms with van der Waals surface area (Å²) in [5.74, 6) is 1.43. The van der Waals surface area contributed by atoms with Crippen molar-refractivity contribution < 1.29 is 9.21 Å². The first-order valence-electron chi connectivity index (χ1n) is 9.67. The normalized spacial score (nSPS) is 15.0. The molecule has 7 heteroatoms. The van der Waals surface area contributed by atoms with E-state index in [2.05, 4.69) is 15.5 Å². The zero-order chi connectivity index (χ0) is 19.6. The average Bonchev–Trinajstić information content (AvgIpc) is 3.46. The van der Waals surface area contributed by atoms with Gasteiger partial charge >= 0.3 is 6.03 Å². The number of anilines is 1. The summed E-state index contributed by atoms with van der Waals surface area (Å²) in [6, 6.07) is 15.9. The molecule has 0 atom stereocenters. The highest BCUT2D eigenvalue weighted by molar-refractivity contribution is 7.08. The number of urea groups is 1. The van der Waals surface area contributed by atoms with Crippen LogP contribution in [0.1, 0.15) is 24.7 Å². The van der Waals surface area contributed by atoms with Crippen LogP contribution >= 0.6 is 11.3 Å². The summed E-state index contributed by atoms with van der Waals surface area (Å²) in [4.78, 5) is 14.6. The van der Waals surface area contributed by atoms with Gasteiger partial charge in [-0.05, 0) is 35.7 Å². The lowest BCUT2D eigenvalue weighted by atomic mass is 9.97. The molecule has 29 heavy (non-hydrogen) atoms. The monoisotopic (exact) mass is 404 g/mol. The molecule has 2 aromatic carbocycles. The van der Waals surface area contributed by atoms with Gasteiger partial charge in [-0.1, -0.05) is 36.4 Å². The van der Waals surface area contributed by atoms with Crippen molar-refractivity contribution in [2.45, 2.75) is 18.8 Å². The second kappa shape index (κ2) is 7.67. The molecule has 2 amide bonds. The quantitative estimate of drug-likeness (QED) is 0.499. The van der Waals surface area contributed by atoms with E-state index in [9.17, 15) is 4.79 Å². The topological polar surface area (TPSA) is 71.3 Å². The van der Waals surface area contributed by atoms with Gasteiger partial charge in [-0.2, -0.15) is 11.3 Å². The summed E-state index contributed by atoms with van der Waals surface area (Å²) < 4.78 is 5.87. The fraction of sp³-hybridized carbons (Fsp3) is 0.227. The minimum atomic E-state index is -0.0655. The summed E-state index contributed by atoms with van der Waals surface area (Å²) >= 11 is 1.61. The third-order valence-corrected chi connectivity index (χ3v) is 6.05. The maximum atomic E-state index is 12.8. The van der Waals surface area contributed by atoms with Gasteiger partial charge in [0, 0.05) is 35.3 Å². The van der Waals surface area contributed by atoms with E-state index in [0.29, 0.717) is 24.9 Å². The molecule has 6 nitrogen and oxygen atoms in total. The molecule has 0 radical (unpaired) electrons. The van der Waals surface area contributed by atoms with Crippen LogP contribution in [0.2, 0.25) is 0 Å². The molecule has 2 aromatic heterocycles. The molecule has 1 N–H and O–H groups in total. The maximum Gasteiger partial charge on any atom is 0.321 e. The number of benzene rings is 2. The number of piperidine rings is 1. The first-order valence-corrected chi connectivity index (χ1v) is 10.6. The Kier molecular flexibility index (Phi) is 4.73. The molecule has 5 rings (SSSR count). The van der Waals surface area contributed by atoms with E-state index in [1.165, 1.54) is 0 Å². The number of carbonyl (C=O) groups excluding carboxylic acids is 1. The largest absolute Gasteiger partial charge is 0.420 e. The summed E-state index contributed by atoms with van der Waals surface area (Å²) in [6.07, 6.45) is 1.63. The summed E-state index contributed by atoms with van der Waals surface area (Å²) in [7, 11) is 0. The molecular formula is C22H20N4O2S. The van der Waals surface area contributed by atoms with Crippen LogP contribution in [0.25, 0.3) is 22.2 Å². The van der Waals surface area contributed by atoms with Crippen LogP contribution in [0.5, 0.6) is 0 Å². The van der Waals surface area contributed by atoms with Gasteiger partial charge in [-0.3, -0.25) is 0 Å². The Hall–Kier alpha value is -3.19. The van der Waals surface area contributed by atoms with E-state index in [1.54, 1.807) is 11.3 Å². The molecule has 1 saturated heterocycles. The van der Waals surface area contributed by atoms with E-state index in [0.717, 1.165) is 34.9 Å². The molecule has 1 fully saturated rings. The lowest BCUT2D eigenvalue weighted by molar-refractivity contribution is 0.190. The molecule has 3 heterocycles. The standard InChI is InChI=1S/C22H20N4O2S/c27-22(23-19-7-3-5-15-4-1-2-6-18(15)19)26-11-8-16(9-12-26)20-24-25-21(28-20)17-10-13-29-14-17/h1-7,10,13-14,16H,8-9,11-12H2,(H,23,27). The van der Waals surface area contributed by atoms with Gasteiger partial charge in [0.05, 0.1) is 5.69 Å². The fourth-order valence-corrected chi connectivity index (χ4v) is 4.39. The second-order valence-corrected chi connectivity index (χ2v) is 7.96. The van der Waals surface area contributed by atoms with Crippen molar-refractivity contribution in [3.63, 3.8) is 0 Å². The molecule has 1 aliphatic heterocycles. The Bertz CT molecular complexity index is 1130. The minimum Gasteiger partial charge on any atom is -0.420 e. The number of amides is 2. The predicted molar refractivity (Wildman–Crippen MR) is 114 cm³/mol. The maximum absolute atomic E-state index is 12.8. The molecule has 0 aliphatic carbocycles. The first kappa shape index (κ1) is 17.9. The molecule has 146 valence electrons. The number of hydrogen-bond donors (Lipinski definition) is 1. The number of hydrogen-bond acceptors (Lipinski definition) is 5. The van der Waals surface area contributed by atoms with E-state index in [1.807, 2.05) is 64.2 Å². The SMILES string of the molecule is O=C(Nc1cccc2ccccc12)N1CCC(c2nnc(-c3ccsc3)o2)CC1. The van der Waals surface area contributed by atoms with Crippen LogP contribution < -0.4 is 5.32 Å². The minimum absolute atomic E-state index is 0.0655. The van der Waals surface area contributed by atoms with Crippen molar-refractivity contribution in [1.29, 1.82) is 0 Å². The van der Waals surface area contributed by atoms with Crippen LogP contribution in [0.15, 0.2) is 63.7 Å². The second-order valence-electron chi connectivity index (χ2n) is 7.18. The lowest BCUT2D eigenvalue weighted by Crippen LogP contribution is -2.40. The highest BCUT2D eigenvalue weighted by Crippen LogP contribution is 2.30. The van der Waals surface area contributed by atoms with Gasteiger partial charge in [0.25, 0.3) is 0 Å². The molecule has 1 aliphatic rings. The van der Waals surface area contributed by atoms with Gasteiger partial charge < -0.3 is 14.6 Å². The van der Waals surface area contributed by atoms with E-state index < -0.39 is 0 Å². The van der Waals surface area contributed by atoms with E-state index in [4.69, 9.17) is 4.42 Å². The summed E-state index contributed by atoms with van der Waals surface area (Å²) in [5.41, 5.74) is 1.80. The van der Waals surface area contributed by atoms with Crippen molar-refractivity contribution in [1.82, 2.24) is 15.1 Å². The highest BCUT2D eigenvalue weighted by Gasteiger charge is 2.27. The van der Waals surface area contributed by atoms with Gasteiger partial charge in [0.1, 0.15) is 0 Å². The Balaban J connectivity index is 1.23. The van der Waals surface area contributed by atoms with Gasteiger partial charge in [0.2, 0.25) is 11.8 Å². The number of nitrogens with zero attached hydrogens (tertiary/aromatic N) is 3. The number of nitrogens with one attached hydrogen (secondary N) is 1. The summed E-state index contributed by atoms with van der Waals surface area (Å²) in [6.45, 7) is 1.33. The summed E-state index contributed by atoms with van der Waals surface area (Å²) in [5, 5.41) is 17.6. The van der Waals surface area contributed by atoms with Gasteiger partial charge in [-0.25, -0.2) is 4.79 Å². The number of aromatic nitrogens is 2. The lowest BCUT2D eigenvalue weighted by Gasteiger charge is -2.30. The van der Waals surface area contributed by atoms with Crippen LogP contribution in [0.4, 0.5) is 10.5 Å². The Morgan fingerprint density at radius 2 is 1.90 bits per heavy atom. The zero-order valence-electron chi connectivity index (χ0n) is 15.7. The van der Waals surface area contributed by atoms with Crippen molar-refractivity contribution in [3.8, 4) is 11.5 Å². The third kappa shape index (κ3) is 3.61. The number of thiophene rings is 1. The van der Waals surface area contributed by atoms with Crippen molar-refractivity contribution >= 4 is 33.8 Å². The Labute approximate surface area is 172 Å². The number of fused-ring (bicyclic) bond motifs is 1. The Morgan fingerprint density at radius 1 is 1.07 bits per heavy atom. The van der Waals surface area contributed by atoms with Crippen molar-refractivity contribution in [2.24, 2.45) is 0 Å². The van der Waals surface area contributed by atoms with Gasteiger partial charge in [0.15, 0.2) is 0 Å². The smallest absolute Gasteiger partial charge is 0.321 e. The zero-order valence-corrected chi connectivity index (χ0v) is 16.6. The van der Waals surface area contributed by atoms with Crippen LogP contribution in [-0.2, 0) is 0 Å². The fourth-order valence-electron chi connectivity index (χ4n) is 3.76. The van der Waals surface area contributed by atoms with Crippen LogP contribution in [0.3, 0.4) is 0 Å². The van der Waals surface area contributed by atoms with E-state index >= 15 is 0 Å². The molecule has 0 spiro atoms. The first-order chi connectivity index (χ1) is 14.3. The Morgan fingerprint density at radius 3 is 2.72 bits per heavy atom. The average molecular weight is 404 g/mol. The molecule has 0 bridgehead atoms. The molecule has 0 saturated carbocycles. The number of rotatable bonds is 3. The molecule has 4 aromatic rings. The van der Waals surface area contributed by atoms with Crippen molar-refractivity contribution in [3.05, 3.63) is 65.2 Å². The van der Waals surface area contributed by atoms with Crippen LogP contribution in [0, 0.1) is 0 Å². The van der Waals surface area contributed by atoms with Crippen molar-refractivity contribution in [2.75, 3.05) is 18.4 Å². The number of carbonyl (C=O) groups is 1. The number of likely N-dealkylation sites (tertiary alicyclic amines) is 1. The molecule has 0 unspecified atom stereocenters. The molecular weight excluding hydrogens is 384 g/mol.